The molecule has 0 radical (unpaired) electrons. The van der Waals surface area contributed by atoms with Crippen LogP contribution >= 0.6 is 0 Å². The first-order valence-corrected chi connectivity index (χ1v) is 5.37. The SMILES string of the molecule is CC(C)C(NC(=O)CCn1ccnn1)C(=O)O. The molecule has 1 aromatic rings. The number of carboxylic acids is 1. The first kappa shape index (κ1) is 13.1. The maximum Gasteiger partial charge on any atom is 0.326 e. The summed E-state index contributed by atoms with van der Waals surface area (Å²) < 4.78 is 1.52. The van der Waals surface area contributed by atoms with E-state index in [0.29, 0.717) is 6.54 Å². The van der Waals surface area contributed by atoms with Crippen LogP contribution in [0, 0.1) is 5.92 Å². The monoisotopic (exact) mass is 240 g/mol. The summed E-state index contributed by atoms with van der Waals surface area (Å²) in [6.45, 7) is 3.88. The van der Waals surface area contributed by atoms with Crippen molar-refractivity contribution in [2.75, 3.05) is 0 Å². The van der Waals surface area contributed by atoms with Gasteiger partial charge in [0.1, 0.15) is 6.04 Å². The molecule has 7 nitrogen and oxygen atoms in total. The van der Waals surface area contributed by atoms with Crippen LogP contribution in [0.2, 0.25) is 0 Å². The second-order valence-electron chi connectivity index (χ2n) is 4.04. The summed E-state index contributed by atoms with van der Waals surface area (Å²) in [5.41, 5.74) is 0. The Labute approximate surface area is 98.8 Å². The Bertz CT molecular complexity index is 375. The molecule has 1 aromatic heterocycles. The van der Waals surface area contributed by atoms with E-state index in [9.17, 15) is 9.59 Å². The fourth-order valence-electron chi connectivity index (χ4n) is 1.33. The van der Waals surface area contributed by atoms with Gasteiger partial charge in [-0.2, -0.15) is 0 Å². The van der Waals surface area contributed by atoms with Crippen molar-refractivity contribution in [1.29, 1.82) is 0 Å². The minimum Gasteiger partial charge on any atom is -0.480 e. The first-order valence-electron chi connectivity index (χ1n) is 5.37. The van der Waals surface area contributed by atoms with Crippen LogP contribution in [-0.4, -0.2) is 38.0 Å². The van der Waals surface area contributed by atoms with Crippen molar-refractivity contribution >= 4 is 11.9 Å². The second-order valence-corrected chi connectivity index (χ2v) is 4.04. The summed E-state index contributed by atoms with van der Waals surface area (Å²) in [7, 11) is 0. The molecule has 0 saturated carbocycles. The van der Waals surface area contributed by atoms with Gasteiger partial charge in [-0.25, -0.2) is 4.79 Å². The van der Waals surface area contributed by atoms with Gasteiger partial charge in [-0.1, -0.05) is 19.1 Å². The third-order valence-electron chi connectivity index (χ3n) is 2.29. The van der Waals surface area contributed by atoms with Crippen LogP contribution in [0.1, 0.15) is 20.3 Å². The van der Waals surface area contributed by atoms with Crippen molar-refractivity contribution in [3.63, 3.8) is 0 Å². The van der Waals surface area contributed by atoms with Gasteiger partial charge in [-0.05, 0) is 5.92 Å². The maximum atomic E-state index is 11.5. The first-order chi connectivity index (χ1) is 8.00. The molecule has 1 atom stereocenters. The molecule has 94 valence electrons. The number of amides is 1. The van der Waals surface area contributed by atoms with Gasteiger partial charge in [-0.3, -0.25) is 9.48 Å². The Morgan fingerprint density at radius 1 is 1.47 bits per heavy atom. The highest BCUT2D eigenvalue weighted by Crippen LogP contribution is 2.02. The lowest BCUT2D eigenvalue weighted by molar-refractivity contribution is -0.143. The summed E-state index contributed by atoms with van der Waals surface area (Å²) in [5, 5.41) is 18.7. The van der Waals surface area contributed by atoms with E-state index in [1.807, 2.05) is 0 Å². The lowest BCUT2D eigenvalue weighted by atomic mass is 10.0. The van der Waals surface area contributed by atoms with Gasteiger partial charge in [-0.15, -0.1) is 5.10 Å². The predicted octanol–water partition coefficient (Wildman–Crippen LogP) is -0.106. The quantitative estimate of drug-likeness (QED) is 0.723. The van der Waals surface area contributed by atoms with E-state index >= 15 is 0 Å². The third-order valence-corrected chi connectivity index (χ3v) is 2.29. The number of carboxylic acid groups (broad SMARTS) is 1. The van der Waals surface area contributed by atoms with Crippen molar-refractivity contribution in [3.8, 4) is 0 Å². The van der Waals surface area contributed by atoms with Gasteiger partial charge in [0, 0.05) is 12.6 Å². The summed E-state index contributed by atoms with van der Waals surface area (Å²) in [6.07, 6.45) is 3.34. The molecular formula is C10H16N4O3. The molecule has 0 fully saturated rings. The molecule has 0 aliphatic carbocycles. The van der Waals surface area contributed by atoms with Crippen molar-refractivity contribution in [3.05, 3.63) is 12.4 Å². The van der Waals surface area contributed by atoms with E-state index in [0.717, 1.165) is 0 Å². The largest absolute Gasteiger partial charge is 0.480 e. The highest BCUT2D eigenvalue weighted by atomic mass is 16.4. The summed E-state index contributed by atoms with van der Waals surface area (Å²) >= 11 is 0. The Hall–Kier alpha value is -1.92. The van der Waals surface area contributed by atoms with Crippen molar-refractivity contribution in [2.45, 2.75) is 32.9 Å². The number of carbonyl (C=O) groups is 2. The van der Waals surface area contributed by atoms with Gasteiger partial charge in [0.05, 0.1) is 12.7 Å². The van der Waals surface area contributed by atoms with E-state index in [-0.39, 0.29) is 18.2 Å². The Kier molecular flexibility index (Phi) is 4.62. The second kappa shape index (κ2) is 5.97. The van der Waals surface area contributed by atoms with Crippen molar-refractivity contribution in [2.24, 2.45) is 5.92 Å². The topological polar surface area (TPSA) is 97.1 Å². The molecule has 7 heteroatoms. The van der Waals surface area contributed by atoms with Gasteiger partial charge >= 0.3 is 5.97 Å². The fraction of sp³-hybridized carbons (Fsp3) is 0.600. The number of carbonyl (C=O) groups excluding carboxylic acids is 1. The lowest BCUT2D eigenvalue weighted by Gasteiger charge is -2.17. The van der Waals surface area contributed by atoms with Crippen LogP contribution < -0.4 is 5.32 Å². The molecular weight excluding hydrogens is 224 g/mol. The van der Waals surface area contributed by atoms with Crippen molar-refractivity contribution < 1.29 is 14.7 Å². The number of hydrogen-bond donors (Lipinski definition) is 2. The van der Waals surface area contributed by atoms with E-state index in [2.05, 4.69) is 15.6 Å². The van der Waals surface area contributed by atoms with Crippen LogP contribution in [0.5, 0.6) is 0 Å². The number of aliphatic carboxylic acids is 1. The number of aryl methyl sites for hydroxylation is 1. The van der Waals surface area contributed by atoms with Crippen LogP contribution in [0.3, 0.4) is 0 Å². The molecule has 0 bridgehead atoms. The van der Waals surface area contributed by atoms with Crippen LogP contribution in [-0.2, 0) is 16.1 Å². The average molecular weight is 240 g/mol. The molecule has 1 unspecified atom stereocenters. The minimum absolute atomic E-state index is 0.150. The van der Waals surface area contributed by atoms with E-state index < -0.39 is 12.0 Å². The molecule has 0 aliphatic rings. The standard InChI is InChI=1S/C10H16N4O3/c1-7(2)9(10(16)17)12-8(15)3-5-14-6-4-11-13-14/h4,6-7,9H,3,5H2,1-2H3,(H,12,15)(H,16,17). The predicted molar refractivity (Wildman–Crippen MR) is 59.0 cm³/mol. The number of nitrogens with zero attached hydrogens (tertiary/aromatic N) is 3. The van der Waals surface area contributed by atoms with Gasteiger partial charge in [0.15, 0.2) is 0 Å². The molecule has 0 spiro atoms. The smallest absolute Gasteiger partial charge is 0.326 e. The van der Waals surface area contributed by atoms with Gasteiger partial charge in [0.2, 0.25) is 5.91 Å². The van der Waals surface area contributed by atoms with E-state index in [1.165, 1.54) is 10.9 Å². The zero-order valence-electron chi connectivity index (χ0n) is 9.83. The summed E-state index contributed by atoms with van der Waals surface area (Å²) in [5.74, 6) is -1.47. The molecule has 1 amide bonds. The third kappa shape index (κ3) is 4.21. The molecule has 0 aromatic carbocycles. The van der Waals surface area contributed by atoms with E-state index in [4.69, 9.17) is 5.11 Å². The van der Waals surface area contributed by atoms with E-state index in [1.54, 1.807) is 20.0 Å². The number of nitrogens with one attached hydrogen (secondary N) is 1. The highest BCUT2D eigenvalue weighted by Gasteiger charge is 2.22. The van der Waals surface area contributed by atoms with Crippen molar-refractivity contribution in [1.82, 2.24) is 20.3 Å². The lowest BCUT2D eigenvalue weighted by Crippen LogP contribution is -2.44. The highest BCUT2D eigenvalue weighted by molar-refractivity contribution is 5.83. The minimum atomic E-state index is -1.02. The van der Waals surface area contributed by atoms with Crippen LogP contribution in [0.15, 0.2) is 12.4 Å². The molecule has 1 rings (SSSR count). The zero-order chi connectivity index (χ0) is 12.8. The number of hydrogen-bond acceptors (Lipinski definition) is 4. The van der Waals surface area contributed by atoms with Crippen LogP contribution in [0.25, 0.3) is 0 Å². The summed E-state index contributed by atoms with van der Waals surface area (Å²) in [6, 6.07) is -0.849. The fourth-order valence-corrected chi connectivity index (χ4v) is 1.33. The zero-order valence-corrected chi connectivity index (χ0v) is 9.83. The average Bonchev–Trinajstić information content (AvgIpc) is 2.74. The summed E-state index contributed by atoms with van der Waals surface area (Å²) in [4.78, 5) is 22.4. The Balaban J connectivity index is 2.40. The number of rotatable bonds is 6. The van der Waals surface area contributed by atoms with Gasteiger partial charge < -0.3 is 10.4 Å². The van der Waals surface area contributed by atoms with Gasteiger partial charge in [0.25, 0.3) is 0 Å². The van der Waals surface area contributed by atoms with Crippen LogP contribution in [0.4, 0.5) is 0 Å². The molecule has 17 heavy (non-hydrogen) atoms. The molecule has 1 heterocycles. The molecule has 0 saturated heterocycles. The Morgan fingerprint density at radius 3 is 2.65 bits per heavy atom. The number of aromatic nitrogens is 3. The molecule has 0 aliphatic heterocycles. The Morgan fingerprint density at radius 2 is 2.18 bits per heavy atom. The maximum absolute atomic E-state index is 11.5. The normalized spacial score (nSPS) is 12.4. The molecule has 2 N–H and O–H groups in total.